The predicted molar refractivity (Wildman–Crippen MR) is 79.2 cm³/mol. The second kappa shape index (κ2) is 8.00. The first-order valence-corrected chi connectivity index (χ1v) is 6.91. The summed E-state index contributed by atoms with van der Waals surface area (Å²) in [5, 5.41) is 6.56. The molecule has 3 nitrogen and oxygen atoms in total. The van der Waals surface area contributed by atoms with Crippen molar-refractivity contribution < 1.29 is 4.79 Å². The molecule has 0 aromatic carbocycles. The summed E-state index contributed by atoms with van der Waals surface area (Å²) in [6, 6.07) is 0.737. The zero-order chi connectivity index (χ0) is 12.9. The standard InChI is InChI=1S/C14H28N2O.ClH/c1-11-12(7-6-10-15-11)16-13(17)8-5-9-14(2,3)4;/h11-12,15H,5-10H2,1-4H3,(H,16,17);1H. The fraction of sp³-hybridized carbons (Fsp3) is 0.929. The Bertz CT molecular complexity index is 251. The summed E-state index contributed by atoms with van der Waals surface area (Å²) < 4.78 is 0. The van der Waals surface area contributed by atoms with Crippen LogP contribution in [0.5, 0.6) is 0 Å². The largest absolute Gasteiger partial charge is 0.352 e. The van der Waals surface area contributed by atoms with Crippen LogP contribution in [0, 0.1) is 5.41 Å². The average Bonchev–Trinajstić information content (AvgIpc) is 2.19. The van der Waals surface area contributed by atoms with Crippen LogP contribution in [0.25, 0.3) is 0 Å². The van der Waals surface area contributed by atoms with Crippen LogP contribution >= 0.6 is 12.4 Å². The Morgan fingerprint density at radius 2 is 2.06 bits per heavy atom. The molecule has 1 saturated heterocycles. The van der Waals surface area contributed by atoms with Crippen molar-refractivity contribution in [2.24, 2.45) is 5.41 Å². The molecule has 1 aliphatic rings. The summed E-state index contributed by atoms with van der Waals surface area (Å²) in [6.45, 7) is 9.89. The molecule has 1 aliphatic heterocycles. The second-order valence-corrected chi connectivity index (χ2v) is 6.47. The van der Waals surface area contributed by atoms with Crippen LogP contribution in [0.4, 0.5) is 0 Å². The lowest BCUT2D eigenvalue weighted by Crippen LogP contribution is -2.51. The van der Waals surface area contributed by atoms with Crippen molar-refractivity contribution in [1.82, 2.24) is 10.6 Å². The van der Waals surface area contributed by atoms with Crippen molar-refractivity contribution in [2.45, 2.75) is 71.9 Å². The van der Waals surface area contributed by atoms with Crippen molar-refractivity contribution in [2.75, 3.05) is 6.54 Å². The fourth-order valence-electron chi connectivity index (χ4n) is 2.30. The van der Waals surface area contributed by atoms with Gasteiger partial charge in [0.25, 0.3) is 0 Å². The molecule has 108 valence electrons. The maximum atomic E-state index is 11.8. The minimum Gasteiger partial charge on any atom is -0.352 e. The molecule has 0 saturated carbocycles. The van der Waals surface area contributed by atoms with Crippen LogP contribution in [0.15, 0.2) is 0 Å². The number of hydrogen-bond donors (Lipinski definition) is 2. The summed E-state index contributed by atoms with van der Waals surface area (Å²) in [5.41, 5.74) is 0.333. The van der Waals surface area contributed by atoms with E-state index in [4.69, 9.17) is 0 Å². The first kappa shape index (κ1) is 17.7. The van der Waals surface area contributed by atoms with Crippen molar-refractivity contribution in [3.05, 3.63) is 0 Å². The molecule has 1 rings (SSSR count). The molecular weight excluding hydrogens is 248 g/mol. The number of carbonyl (C=O) groups is 1. The molecule has 18 heavy (non-hydrogen) atoms. The van der Waals surface area contributed by atoms with Crippen molar-refractivity contribution >= 4 is 18.3 Å². The van der Waals surface area contributed by atoms with Gasteiger partial charge in [-0.15, -0.1) is 12.4 Å². The summed E-state index contributed by atoms with van der Waals surface area (Å²) in [4.78, 5) is 11.8. The molecule has 4 heteroatoms. The van der Waals surface area contributed by atoms with E-state index in [9.17, 15) is 4.79 Å². The lowest BCUT2D eigenvalue weighted by atomic mass is 9.90. The Labute approximate surface area is 118 Å². The smallest absolute Gasteiger partial charge is 0.220 e. The highest BCUT2D eigenvalue weighted by Gasteiger charge is 2.22. The van der Waals surface area contributed by atoms with Gasteiger partial charge in [-0.3, -0.25) is 4.79 Å². The highest BCUT2D eigenvalue weighted by atomic mass is 35.5. The van der Waals surface area contributed by atoms with Crippen molar-refractivity contribution in [1.29, 1.82) is 0 Å². The summed E-state index contributed by atoms with van der Waals surface area (Å²) in [7, 11) is 0. The van der Waals surface area contributed by atoms with E-state index in [0.29, 0.717) is 23.9 Å². The normalized spacial score (nSPS) is 24.2. The Hall–Kier alpha value is -0.280. The Balaban J connectivity index is 0.00000289. The van der Waals surface area contributed by atoms with Crippen molar-refractivity contribution in [3.63, 3.8) is 0 Å². The van der Waals surface area contributed by atoms with E-state index in [0.717, 1.165) is 32.2 Å². The first-order valence-electron chi connectivity index (χ1n) is 6.91. The van der Waals surface area contributed by atoms with Gasteiger partial charge in [0.05, 0.1) is 0 Å². The second-order valence-electron chi connectivity index (χ2n) is 6.47. The third-order valence-corrected chi connectivity index (χ3v) is 3.44. The molecule has 0 bridgehead atoms. The molecule has 2 unspecified atom stereocenters. The molecular formula is C14H29ClN2O. The molecule has 0 aromatic rings. The zero-order valence-electron chi connectivity index (χ0n) is 12.2. The number of amides is 1. The van der Waals surface area contributed by atoms with Crippen molar-refractivity contribution in [3.8, 4) is 0 Å². The Morgan fingerprint density at radius 1 is 1.39 bits per heavy atom. The quantitative estimate of drug-likeness (QED) is 0.829. The number of piperidine rings is 1. The highest BCUT2D eigenvalue weighted by Crippen LogP contribution is 2.21. The Morgan fingerprint density at radius 3 is 2.61 bits per heavy atom. The van der Waals surface area contributed by atoms with Crippen LogP contribution in [0.3, 0.4) is 0 Å². The first-order chi connectivity index (χ1) is 7.88. The predicted octanol–water partition coefficient (Wildman–Crippen LogP) is 2.88. The molecule has 1 heterocycles. The van der Waals surface area contributed by atoms with Crippen LogP contribution in [-0.4, -0.2) is 24.5 Å². The fourth-order valence-corrected chi connectivity index (χ4v) is 2.30. The van der Waals surface area contributed by atoms with Gasteiger partial charge in [0.15, 0.2) is 0 Å². The number of hydrogen-bond acceptors (Lipinski definition) is 2. The van der Waals surface area contributed by atoms with Gasteiger partial charge in [-0.1, -0.05) is 20.8 Å². The zero-order valence-corrected chi connectivity index (χ0v) is 13.0. The average molecular weight is 277 g/mol. The number of halogens is 1. The summed E-state index contributed by atoms with van der Waals surface area (Å²) >= 11 is 0. The van der Waals surface area contributed by atoms with E-state index in [1.54, 1.807) is 0 Å². The number of rotatable bonds is 4. The van der Waals surface area contributed by atoms with Crippen LogP contribution in [0.2, 0.25) is 0 Å². The van der Waals surface area contributed by atoms with E-state index in [1.807, 2.05) is 0 Å². The van der Waals surface area contributed by atoms with Gasteiger partial charge in [0, 0.05) is 18.5 Å². The lowest BCUT2D eigenvalue weighted by Gasteiger charge is -2.30. The maximum absolute atomic E-state index is 11.8. The van der Waals surface area contributed by atoms with Gasteiger partial charge in [0.1, 0.15) is 0 Å². The van der Waals surface area contributed by atoms with E-state index in [-0.39, 0.29) is 18.3 Å². The molecule has 1 fully saturated rings. The molecule has 0 aromatic heterocycles. The third kappa shape index (κ3) is 7.22. The van der Waals surface area contributed by atoms with Gasteiger partial charge < -0.3 is 10.6 Å². The molecule has 0 radical (unpaired) electrons. The minimum absolute atomic E-state index is 0. The maximum Gasteiger partial charge on any atom is 0.220 e. The molecule has 0 spiro atoms. The molecule has 1 amide bonds. The summed E-state index contributed by atoms with van der Waals surface area (Å²) in [6.07, 6.45) is 5.04. The number of carbonyl (C=O) groups excluding carboxylic acids is 1. The highest BCUT2D eigenvalue weighted by molar-refractivity contribution is 5.85. The van der Waals surface area contributed by atoms with Crippen LogP contribution < -0.4 is 10.6 Å². The Kier molecular flexibility index (Phi) is 7.88. The van der Waals surface area contributed by atoms with E-state index >= 15 is 0 Å². The van der Waals surface area contributed by atoms with E-state index in [2.05, 4.69) is 38.3 Å². The molecule has 2 atom stereocenters. The van der Waals surface area contributed by atoms with Gasteiger partial charge in [-0.25, -0.2) is 0 Å². The van der Waals surface area contributed by atoms with Gasteiger partial charge >= 0.3 is 0 Å². The monoisotopic (exact) mass is 276 g/mol. The number of nitrogens with one attached hydrogen (secondary N) is 2. The topological polar surface area (TPSA) is 41.1 Å². The third-order valence-electron chi connectivity index (χ3n) is 3.44. The van der Waals surface area contributed by atoms with Gasteiger partial charge in [0.2, 0.25) is 5.91 Å². The van der Waals surface area contributed by atoms with E-state index < -0.39 is 0 Å². The van der Waals surface area contributed by atoms with E-state index in [1.165, 1.54) is 0 Å². The lowest BCUT2D eigenvalue weighted by molar-refractivity contribution is -0.122. The minimum atomic E-state index is 0. The summed E-state index contributed by atoms with van der Waals surface area (Å²) in [5.74, 6) is 0.217. The molecule has 0 aliphatic carbocycles. The molecule has 2 N–H and O–H groups in total. The van der Waals surface area contributed by atoms with Crippen LogP contribution in [0.1, 0.15) is 59.8 Å². The van der Waals surface area contributed by atoms with Gasteiger partial charge in [-0.05, 0) is 44.6 Å². The van der Waals surface area contributed by atoms with Crippen LogP contribution in [-0.2, 0) is 4.79 Å². The van der Waals surface area contributed by atoms with Gasteiger partial charge in [-0.2, -0.15) is 0 Å². The SMILES string of the molecule is CC1NCCCC1NC(=O)CCCC(C)(C)C.Cl.